The van der Waals surface area contributed by atoms with E-state index in [1.54, 1.807) is 6.92 Å². The summed E-state index contributed by atoms with van der Waals surface area (Å²) < 4.78 is 4.70. The molecule has 0 heterocycles. The van der Waals surface area contributed by atoms with Gasteiger partial charge in [-0.15, -0.1) is 11.8 Å². The lowest BCUT2D eigenvalue weighted by molar-refractivity contribution is -0.144. The van der Waals surface area contributed by atoms with Gasteiger partial charge in [0.15, 0.2) is 0 Å². The summed E-state index contributed by atoms with van der Waals surface area (Å²) in [5.41, 5.74) is 0. The van der Waals surface area contributed by atoms with Crippen molar-refractivity contribution >= 4 is 23.5 Å². The molecular formula is C10H18O4S. The molecule has 0 saturated carbocycles. The molecule has 0 aromatic rings. The second-order valence-electron chi connectivity index (χ2n) is 3.15. The Balaban J connectivity index is 3.53. The Morgan fingerprint density at radius 3 is 2.60 bits per heavy atom. The zero-order chi connectivity index (χ0) is 11.7. The van der Waals surface area contributed by atoms with Crippen molar-refractivity contribution in [2.24, 2.45) is 0 Å². The molecule has 88 valence electrons. The van der Waals surface area contributed by atoms with Gasteiger partial charge in [-0.2, -0.15) is 0 Å². The van der Waals surface area contributed by atoms with Crippen LogP contribution in [-0.2, 0) is 14.3 Å². The van der Waals surface area contributed by atoms with E-state index in [2.05, 4.69) is 0 Å². The van der Waals surface area contributed by atoms with Crippen LogP contribution < -0.4 is 0 Å². The van der Waals surface area contributed by atoms with E-state index in [0.717, 1.165) is 0 Å². The highest BCUT2D eigenvalue weighted by Gasteiger charge is 2.09. The number of ketones is 1. The smallest absolute Gasteiger partial charge is 0.306 e. The Hall–Kier alpha value is -0.550. The summed E-state index contributed by atoms with van der Waals surface area (Å²) in [6, 6.07) is 0. The van der Waals surface area contributed by atoms with Crippen molar-refractivity contribution in [2.45, 2.75) is 31.9 Å². The first-order valence-corrected chi connectivity index (χ1v) is 6.04. The first kappa shape index (κ1) is 14.5. The topological polar surface area (TPSA) is 63.6 Å². The molecule has 0 saturated heterocycles. The van der Waals surface area contributed by atoms with Crippen molar-refractivity contribution in [3.05, 3.63) is 0 Å². The number of Topliss-reactive ketones (excluding diaryl/α,β-unsaturated/α-hetero) is 1. The van der Waals surface area contributed by atoms with Gasteiger partial charge >= 0.3 is 5.97 Å². The highest BCUT2D eigenvalue weighted by Crippen LogP contribution is 2.10. The van der Waals surface area contributed by atoms with Crippen molar-refractivity contribution in [1.29, 1.82) is 0 Å². The molecule has 0 bridgehead atoms. The van der Waals surface area contributed by atoms with Crippen LogP contribution in [0.25, 0.3) is 0 Å². The molecule has 0 amide bonds. The number of hydrogen-bond acceptors (Lipinski definition) is 5. The second kappa shape index (κ2) is 8.73. The molecule has 0 aliphatic heterocycles. The Kier molecular flexibility index (Phi) is 8.41. The molecule has 1 unspecified atom stereocenters. The highest BCUT2D eigenvalue weighted by molar-refractivity contribution is 8.00. The Morgan fingerprint density at radius 2 is 2.07 bits per heavy atom. The lowest BCUT2D eigenvalue weighted by Crippen LogP contribution is -2.11. The third-order valence-corrected chi connectivity index (χ3v) is 2.91. The Morgan fingerprint density at radius 1 is 1.40 bits per heavy atom. The fraction of sp³-hybridized carbons (Fsp3) is 0.800. The summed E-state index contributed by atoms with van der Waals surface area (Å²) in [5, 5.41) is 8.80. The van der Waals surface area contributed by atoms with E-state index in [4.69, 9.17) is 9.84 Å². The van der Waals surface area contributed by atoms with Crippen molar-refractivity contribution in [1.82, 2.24) is 0 Å². The molecule has 0 aliphatic carbocycles. The lowest BCUT2D eigenvalue weighted by atomic mass is 10.2. The van der Waals surface area contributed by atoms with Crippen LogP contribution in [0, 0.1) is 0 Å². The Bertz CT molecular complexity index is 206. The standard InChI is InChI=1S/C10H18O4S/c1-3-14-10(13)5-4-9(12)7-15-8(2)6-11/h8,11H,3-7H2,1-2H3. The maximum atomic E-state index is 11.3. The molecule has 0 rings (SSSR count). The van der Waals surface area contributed by atoms with Gasteiger partial charge in [0.05, 0.1) is 25.4 Å². The molecule has 5 heteroatoms. The highest BCUT2D eigenvalue weighted by atomic mass is 32.2. The molecular weight excluding hydrogens is 216 g/mol. The maximum absolute atomic E-state index is 11.3. The van der Waals surface area contributed by atoms with Gasteiger partial charge in [-0.3, -0.25) is 9.59 Å². The van der Waals surface area contributed by atoms with E-state index >= 15 is 0 Å². The molecule has 0 spiro atoms. The molecule has 1 atom stereocenters. The van der Waals surface area contributed by atoms with Gasteiger partial charge in [-0.25, -0.2) is 0 Å². The minimum atomic E-state index is -0.328. The van der Waals surface area contributed by atoms with Gasteiger partial charge in [0.1, 0.15) is 5.78 Å². The summed E-state index contributed by atoms with van der Waals surface area (Å²) in [6.07, 6.45) is 0.380. The van der Waals surface area contributed by atoms with Crippen LogP contribution in [0.15, 0.2) is 0 Å². The maximum Gasteiger partial charge on any atom is 0.306 e. The third-order valence-electron chi connectivity index (χ3n) is 1.70. The lowest BCUT2D eigenvalue weighted by Gasteiger charge is -2.06. The van der Waals surface area contributed by atoms with E-state index in [9.17, 15) is 9.59 Å². The molecule has 4 nitrogen and oxygen atoms in total. The number of aliphatic hydroxyl groups excluding tert-OH is 1. The number of rotatable bonds is 8. The van der Waals surface area contributed by atoms with Gasteiger partial charge in [-0.05, 0) is 6.92 Å². The van der Waals surface area contributed by atoms with E-state index in [0.29, 0.717) is 12.4 Å². The number of ether oxygens (including phenoxy) is 1. The monoisotopic (exact) mass is 234 g/mol. The van der Waals surface area contributed by atoms with Crippen LogP contribution in [0.3, 0.4) is 0 Å². The summed E-state index contributed by atoms with van der Waals surface area (Å²) in [6.45, 7) is 4.00. The fourth-order valence-electron chi connectivity index (χ4n) is 0.835. The van der Waals surface area contributed by atoms with Gasteiger partial charge < -0.3 is 9.84 Å². The van der Waals surface area contributed by atoms with E-state index in [1.165, 1.54) is 11.8 Å². The molecule has 1 N–H and O–H groups in total. The first-order chi connectivity index (χ1) is 7.10. The minimum Gasteiger partial charge on any atom is -0.466 e. The minimum absolute atomic E-state index is 0.0216. The van der Waals surface area contributed by atoms with Crippen molar-refractivity contribution in [2.75, 3.05) is 19.0 Å². The van der Waals surface area contributed by atoms with Crippen molar-refractivity contribution in [3.8, 4) is 0 Å². The van der Waals surface area contributed by atoms with Crippen LogP contribution in [0.2, 0.25) is 0 Å². The predicted octanol–water partition coefficient (Wildman–Crippen LogP) is 1.01. The van der Waals surface area contributed by atoms with Crippen LogP contribution in [0.4, 0.5) is 0 Å². The number of esters is 1. The normalized spacial score (nSPS) is 12.2. The van der Waals surface area contributed by atoms with Crippen LogP contribution >= 0.6 is 11.8 Å². The predicted molar refractivity (Wildman–Crippen MR) is 59.9 cm³/mol. The number of aliphatic hydroxyl groups is 1. The molecule has 0 fully saturated rings. The van der Waals surface area contributed by atoms with Crippen LogP contribution in [0.1, 0.15) is 26.7 Å². The average Bonchev–Trinajstić information content (AvgIpc) is 2.23. The number of carbonyl (C=O) groups excluding carboxylic acids is 2. The van der Waals surface area contributed by atoms with Gasteiger partial charge in [0, 0.05) is 11.7 Å². The van der Waals surface area contributed by atoms with Crippen LogP contribution in [0.5, 0.6) is 0 Å². The summed E-state index contributed by atoms with van der Waals surface area (Å²) in [7, 11) is 0. The van der Waals surface area contributed by atoms with Crippen molar-refractivity contribution in [3.63, 3.8) is 0 Å². The fourth-order valence-corrected chi connectivity index (χ4v) is 1.55. The van der Waals surface area contributed by atoms with Crippen LogP contribution in [-0.4, -0.2) is 41.1 Å². The van der Waals surface area contributed by atoms with Crippen molar-refractivity contribution < 1.29 is 19.4 Å². The quantitative estimate of drug-likeness (QED) is 0.635. The molecule has 0 aliphatic rings. The zero-order valence-corrected chi connectivity index (χ0v) is 10.0. The molecule has 0 aromatic heterocycles. The third kappa shape index (κ3) is 8.44. The molecule has 0 radical (unpaired) electrons. The second-order valence-corrected chi connectivity index (χ2v) is 4.57. The number of carbonyl (C=O) groups is 2. The largest absolute Gasteiger partial charge is 0.466 e. The summed E-state index contributed by atoms with van der Waals surface area (Å²) >= 11 is 1.40. The van der Waals surface area contributed by atoms with E-state index < -0.39 is 0 Å². The molecule has 0 aromatic carbocycles. The number of hydrogen-bond donors (Lipinski definition) is 1. The average molecular weight is 234 g/mol. The van der Waals surface area contributed by atoms with Gasteiger partial charge in [0.2, 0.25) is 0 Å². The van der Waals surface area contributed by atoms with Gasteiger partial charge in [-0.1, -0.05) is 6.92 Å². The Labute approximate surface area is 94.4 Å². The molecule has 15 heavy (non-hydrogen) atoms. The zero-order valence-electron chi connectivity index (χ0n) is 9.19. The first-order valence-electron chi connectivity index (χ1n) is 5.00. The summed E-state index contributed by atoms with van der Waals surface area (Å²) in [4.78, 5) is 22.2. The SMILES string of the molecule is CCOC(=O)CCC(=O)CSC(C)CO. The van der Waals surface area contributed by atoms with Gasteiger partial charge in [0.25, 0.3) is 0 Å². The summed E-state index contributed by atoms with van der Waals surface area (Å²) in [5.74, 6) is 0.0422. The van der Waals surface area contributed by atoms with E-state index in [-0.39, 0.29) is 36.5 Å². The number of thioether (sulfide) groups is 1. The van der Waals surface area contributed by atoms with E-state index in [1.807, 2.05) is 6.92 Å².